The third-order valence-electron chi connectivity index (χ3n) is 6.13. The Morgan fingerprint density at radius 1 is 1.04 bits per heavy atom. The molecule has 1 aliphatic carbocycles. The zero-order chi connectivity index (χ0) is 17.2. The molecule has 23 heavy (non-hydrogen) atoms. The average Bonchev–Trinajstić information content (AvgIpc) is 2.82. The van der Waals surface area contributed by atoms with Crippen LogP contribution in [0.2, 0.25) is 51.4 Å². The van der Waals surface area contributed by atoms with Gasteiger partial charge in [-0.15, -0.1) is 0 Å². The molecule has 4 heteroatoms. The molecule has 3 aliphatic rings. The highest BCUT2D eigenvalue weighted by molar-refractivity contribution is 6.76. The summed E-state index contributed by atoms with van der Waals surface area (Å²) in [6, 6.07) is 2.56. The number of Topliss-reactive ketones (excluding diaryl/α,β-unsaturated/α-hetero) is 1. The van der Waals surface area contributed by atoms with Gasteiger partial charge in [-0.25, -0.2) is 0 Å². The fourth-order valence-corrected chi connectivity index (χ4v) is 9.42. The van der Waals surface area contributed by atoms with Gasteiger partial charge in [-0.05, 0) is 18.3 Å². The van der Waals surface area contributed by atoms with Crippen molar-refractivity contribution in [3.8, 4) is 0 Å². The molecule has 6 atom stereocenters. The van der Waals surface area contributed by atoms with Gasteiger partial charge in [-0.1, -0.05) is 70.4 Å². The number of hydrogen-bond donors (Lipinski definition) is 0. The van der Waals surface area contributed by atoms with Crippen molar-refractivity contribution in [1.82, 2.24) is 0 Å². The highest BCUT2D eigenvalue weighted by Crippen LogP contribution is 2.59. The monoisotopic (exact) mass is 350 g/mol. The van der Waals surface area contributed by atoms with Crippen molar-refractivity contribution < 1.29 is 9.53 Å². The molecule has 0 N–H and O–H groups in total. The maximum Gasteiger partial charge on any atom is 0.145 e. The van der Waals surface area contributed by atoms with Gasteiger partial charge in [-0.3, -0.25) is 4.79 Å². The number of carbonyl (C=O) groups is 1. The van der Waals surface area contributed by atoms with Crippen molar-refractivity contribution in [1.29, 1.82) is 0 Å². The Kier molecular flexibility index (Phi) is 4.14. The first-order valence-electron chi connectivity index (χ1n) is 9.38. The lowest BCUT2D eigenvalue weighted by Gasteiger charge is -2.40. The summed E-state index contributed by atoms with van der Waals surface area (Å²) in [6.45, 7) is 16.9. The molecule has 3 rings (SSSR count). The molecule has 0 aromatic carbocycles. The first kappa shape index (κ1) is 17.6. The Bertz CT molecular complexity index is 528. The van der Waals surface area contributed by atoms with Crippen LogP contribution in [0.5, 0.6) is 0 Å². The lowest BCUT2D eigenvalue weighted by molar-refractivity contribution is -0.155. The molecule has 0 amide bonds. The Hall–Kier alpha value is -0.196. The van der Waals surface area contributed by atoms with Crippen LogP contribution in [0, 0.1) is 23.7 Å². The van der Waals surface area contributed by atoms with Crippen LogP contribution < -0.4 is 0 Å². The molecular formula is C19H34O2Si2. The van der Waals surface area contributed by atoms with Gasteiger partial charge in [0.05, 0.1) is 23.5 Å². The standard InChI is InChI=1S/C19H34O2Si2/c1-8-19-10-9-15(21-19)16-13(11-22(2,3)4)14(12-23(5,6)7)17(19)18(16)20/h9-10,13-17H,8,11-12H2,1-7H3/t13-,14+,15-,16-,17-,19+/m1/s1. The molecule has 2 nitrogen and oxygen atoms in total. The van der Waals surface area contributed by atoms with E-state index in [1.54, 1.807) is 0 Å². The van der Waals surface area contributed by atoms with Crippen LogP contribution in [-0.4, -0.2) is 33.6 Å². The second-order valence-corrected chi connectivity index (χ2v) is 21.6. The normalized spacial score (nSPS) is 42.6. The average molecular weight is 351 g/mol. The smallest absolute Gasteiger partial charge is 0.145 e. The van der Waals surface area contributed by atoms with Gasteiger partial charge in [0.25, 0.3) is 0 Å². The summed E-state index contributed by atoms with van der Waals surface area (Å²) < 4.78 is 6.48. The molecule has 2 heterocycles. The Morgan fingerprint density at radius 2 is 1.61 bits per heavy atom. The van der Waals surface area contributed by atoms with E-state index in [4.69, 9.17) is 4.74 Å². The van der Waals surface area contributed by atoms with E-state index in [2.05, 4.69) is 58.4 Å². The van der Waals surface area contributed by atoms with Crippen LogP contribution >= 0.6 is 0 Å². The van der Waals surface area contributed by atoms with Crippen LogP contribution in [0.25, 0.3) is 0 Å². The molecule has 0 unspecified atom stereocenters. The molecule has 1 saturated heterocycles. The minimum absolute atomic E-state index is 0.0617. The topological polar surface area (TPSA) is 26.3 Å². The number of rotatable bonds is 5. The van der Waals surface area contributed by atoms with Crippen LogP contribution in [0.4, 0.5) is 0 Å². The largest absolute Gasteiger partial charge is 0.362 e. The van der Waals surface area contributed by atoms with E-state index in [1.165, 1.54) is 12.1 Å². The zero-order valence-electron chi connectivity index (χ0n) is 16.0. The second-order valence-electron chi connectivity index (χ2n) is 10.5. The predicted molar refractivity (Wildman–Crippen MR) is 102 cm³/mol. The molecule has 0 aromatic rings. The molecule has 2 aliphatic heterocycles. The molecule has 4 bridgehead atoms. The van der Waals surface area contributed by atoms with Gasteiger partial charge >= 0.3 is 0 Å². The van der Waals surface area contributed by atoms with Crippen molar-refractivity contribution in [2.24, 2.45) is 23.7 Å². The summed E-state index contributed by atoms with van der Waals surface area (Å²) in [7, 11) is -2.43. The fourth-order valence-electron chi connectivity index (χ4n) is 5.49. The minimum Gasteiger partial charge on any atom is -0.362 e. The maximum absolute atomic E-state index is 13.3. The molecule has 130 valence electrons. The fraction of sp³-hybridized carbons (Fsp3) is 0.842. The number of ketones is 1. The molecular weight excluding hydrogens is 316 g/mol. The van der Waals surface area contributed by atoms with Crippen molar-refractivity contribution >= 4 is 21.9 Å². The number of ether oxygens (including phenoxy) is 1. The lowest BCUT2D eigenvalue weighted by Crippen LogP contribution is -2.49. The Morgan fingerprint density at radius 3 is 2.13 bits per heavy atom. The maximum atomic E-state index is 13.3. The molecule has 0 aromatic heterocycles. The summed E-state index contributed by atoms with van der Waals surface area (Å²) in [5.41, 5.74) is -0.281. The Balaban J connectivity index is 2.02. The summed E-state index contributed by atoms with van der Waals surface area (Å²) in [5.74, 6) is 1.93. The number of carbonyl (C=O) groups excluding carboxylic acids is 1. The van der Waals surface area contributed by atoms with Crippen LogP contribution in [-0.2, 0) is 9.53 Å². The Labute approximate surface area is 144 Å². The van der Waals surface area contributed by atoms with E-state index < -0.39 is 16.1 Å². The first-order chi connectivity index (χ1) is 10.5. The predicted octanol–water partition coefficient (Wildman–Crippen LogP) is 4.83. The SMILES string of the molecule is CC[C@@]12C=C[C@@H](O1)[C@@H]1C(=O)[C@H]2[C@@H](C[Si](C)(C)C)[C@H]1C[Si](C)(C)C. The summed E-state index contributed by atoms with van der Waals surface area (Å²) in [6.07, 6.45) is 5.47. The van der Waals surface area contributed by atoms with Gasteiger partial charge in [0, 0.05) is 16.1 Å². The summed E-state index contributed by atoms with van der Waals surface area (Å²) in [5, 5.41) is 0. The molecule has 0 spiro atoms. The highest BCUT2D eigenvalue weighted by atomic mass is 28.3. The summed E-state index contributed by atoms with van der Waals surface area (Å²) >= 11 is 0. The molecule has 1 saturated carbocycles. The lowest BCUT2D eigenvalue weighted by atomic mass is 9.77. The van der Waals surface area contributed by atoms with Crippen LogP contribution in [0.1, 0.15) is 13.3 Å². The number of hydrogen-bond acceptors (Lipinski definition) is 2. The summed E-state index contributed by atoms with van der Waals surface area (Å²) in [4.78, 5) is 13.3. The molecule has 0 radical (unpaired) electrons. The van der Waals surface area contributed by atoms with E-state index in [0.717, 1.165) is 6.42 Å². The van der Waals surface area contributed by atoms with E-state index in [0.29, 0.717) is 17.6 Å². The van der Waals surface area contributed by atoms with Crippen molar-refractivity contribution in [2.75, 3.05) is 0 Å². The molecule has 2 fully saturated rings. The van der Waals surface area contributed by atoms with Gasteiger partial charge in [0.2, 0.25) is 0 Å². The zero-order valence-corrected chi connectivity index (χ0v) is 18.0. The highest BCUT2D eigenvalue weighted by Gasteiger charge is 2.65. The first-order valence-corrected chi connectivity index (χ1v) is 16.8. The van der Waals surface area contributed by atoms with E-state index >= 15 is 0 Å². The van der Waals surface area contributed by atoms with Gasteiger partial charge in [0.15, 0.2) is 0 Å². The van der Waals surface area contributed by atoms with Crippen molar-refractivity contribution in [3.63, 3.8) is 0 Å². The third kappa shape index (κ3) is 2.95. The number of fused-ring (bicyclic) bond motifs is 6. The quantitative estimate of drug-likeness (QED) is 0.524. The van der Waals surface area contributed by atoms with Crippen LogP contribution in [0.15, 0.2) is 12.2 Å². The third-order valence-corrected chi connectivity index (χ3v) is 9.52. The minimum atomic E-state index is -1.22. The van der Waals surface area contributed by atoms with E-state index in [9.17, 15) is 4.79 Å². The van der Waals surface area contributed by atoms with Crippen molar-refractivity contribution in [3.05, 3.63) is 12.2 Å². The van der Waals surface area contributed by atoms with E-state index in [1.807, 2.05) is 0 Å². The van der Waals surface area contributed by atoms with Gasteiger partial charge in [0.1, 0.15) is 5.78 Å². The second kappa shape index (κ2) is 5.40. The van der Waals surface area contributed by atoms with Gasteiger partial charge in [-0.2, -0.15) is 0 Å². The van der Waals surface area contributed by atoms with Crippen LogP contribution in [0.3, 0.4) is 0 Å². The van der Waals surface area contributed by atoms with Gasteiger partial charge < -0.3 is 4.74 Å². The van der Waals surface area contributed by atoms with E-state index in [-0.39, 0.29) is 23.5 Å². The van der Waals surface area contributed by atoms with Crippen molar-refractivity contribution in [2.45, 2.75) is 76.4 Å².